The van der Waals surface area contributed by atoms with Gasteiger partial charge in [0.05, 0.1) is 6.04 Å². The number of carbonyl (C=O) groups is 1. The number of aryl methyl sites for hydroxylation is 1. The van der Waals surface area contributed by atoms with E-state index in [1.165, 1.54) is 24.0 Å². The zero-order chi connectivity index (χ0) is 14.0. The molecule has 1 atom stereocenters. The van der Waals surface area contributed by atoms with E-state index < -0.39 is 6.04 Å². The van der Waals surface area contributed by atoms with Gasteiger partial charge in [-0.1, -0.05) is 32.9 Å². The first-order valence-corrected chi connectivity index (χ1v) is 7.07. The maximum absolute atomic E-state index is 12.2. The molecular formula is C16H24N2O. The number of hydrogen-bond donors (Lipinski definition) is 2. The monoisotopic (exact) mass is 260 g/mol. The summed E-state index contributed by atoms with van der Waals surface area (Å²) in [6.45, 7) is 5.95. The predicted molar refractivity (Wildman–Crippen MR) is 79.1 cm³/mol. The molecule has 2 rings (SSSR count). The van der Waals surface area contributed by atoms with E-state index in [0.717, 1.165) is 18.5 Å². The molecular weight excluding hydrogens is 236 g/mol. The van der Waals surface area contributed by atoms with Crippen molar-refractivity contribution < 1.29 is 4.79 Å². The predicted octanol–water partition coefficient (Wildman–Crippen LogP) is 2.88. The minimum atomic E-state index is -0.494. The van der Waals surface area contributed by atoms with Crippen LogP contribution in [0.3, 0.4) is 0 Å². The number of carbonyl (C=O) groups excluding carboxylic acids is 1. The molecule has 3 nitrogen and oxygen atoms in total. The standard InChI is InChI=1S/C16H24N2O/c1-16(2,3)14(17)15(19)18-13-10-6-8-11-7-4-5-9-12(11)13/h6,8,10,14H,4-5,7,9,17H2,1-3H3,(H,18,19). The van der Waals surface area contributed by atoms with Crippen LogP contribution in [0.2, 0.25) is 0 Å². The number of nitrogens with two attached hydrogens (primary N) is 1. The average molecular weight is 260 g/mol. The second-order valence-corrected chi connectivity index (χ2v) is 6.48. The van der Waals surface area contributed by atoms with E-state index >= 15 is 0 Å². The van der Waals surface area contributed by atoms with Crippen LogP contribution < -0.4 is 11.1 Å². The molecule has 0 heterocycles. The van der Waals surface area contributed by atoms with Crippen molar-refractivity contribution in [3.05, 3.63) is 29.3 Å². The first-order valence-electron chi connectivity index (χ1n) is 7.07. The molecule has 1 unspecified atom stereocenters. The molecule has 0 bridgehead atoms. The summed E-state index contributed by atoms with van der Waals surface area (Å²) in [5.74, 6) is -0.0912. The Morgan fingerprint density at radius 1 is 1.26 bits per heavy atom. The molecule has 0 aliphatic heterocycles. The van der Waals surface area contributed by atoms with Crippen molar-refractivity contribution in [1.29, 1.82) is 0 Å². The highest BCUT2D eigenvalue weighted by molar-refractivity contribution is 5.96. The fourth-order valence-corrected chi connectivity index (χ4v) is 2.50. The molecule has 0 spiro atoms. The molecule has 0 saturated carbocycles. The molecule has 0 aromatic heterocycles. The highest BCUT2D eigenvalue weighted by Crippen LogP contribution is 2.28. The SMILES string of the molecule is CC(C)(C)C(N)C(=O)Nc1cccc2c1CCCC2. The second-order valence-electron chi connectivity index (χ2n) is 6.48. The molecule has 1 aliphatic carbocycles. The maximum Gasteiger partial charge on any atom is 0.241 e. The summed E-state index contributed by atoms with van der Waals surface area (Å²) in [4.78, 5) is 12.2. The van der Waals surface area contributed by atoms with E-state index in [2.05, 4.69) is 11.4 Å². The summed E-state index contributed by atoms with van der Waals surface area (Å²) >= 11 is 0. The lowest BCUT2D eigenvalue weighted by Gasteiger charge is -2.27. The van der Waals surface area contributed by atoms with Gasteiger partial charge in [0.15, 0.2) is 0 Å². The van der Waals surface area contributed by atoms with Crippen LogP contribution >= 0.6 is 0 Å². The zero-order valence-corrected chi connectivity index (χ0v) is 12.1. The Kier molecular flexibility index (Phi) is 3.95. The number of hydrogen-bond acceptors (Lipinski definition) is 2. The topological polar surface area (TPSA) is 55.1 Å². The van der Waals surface area contributed by atoms with Crippen molar-refractivity contribution in [2.75, 3.05) is 5.32 Å². The molecule has 0 radical (unpaired) electrons. The lowest BCUT2D eigenvalue weighted by atomic mass is 9.86. The van der Waals surface area contributed by atoms with Crippen LogP contribution in [0.4, 0.5) is 5.69 Å². The molecule has 1 aromatic rings. The largest absolute Gasteiger partial charge is 0.324 e. The van der Waals surface area contributed by atoms with Gasteiger partial charge < -0.3 is 11.1 Å². The Labute approximate surface area is 115 Å². The molecule has 1 aromatic carbocycles. The van der Waals surface area contributed by atoms with Gasteiger partial charge in [-0.15, -0.1) is 0 Å². The van der Waals surface area contributed by atoms with Gasteiger partial charge in [0.1, 0.15) is 0 Å². The first kappa shape index (κ1) is 14.1. The summed E-state index contributed by atoms with van der Waals surface area (Å²) in [7, 11) is 0. The quantitative estimate of drug-likeness (QED) is 0.859. The van der Waals surface area contributed by atoms with Crippen molar-refractivity contribution in [3.8, 4) is 0 Å². The van der Waals surface area contributed by atoms with Gasteiger partial charge >= 0.3 is 0 Å². The Morgan fingerprint density at radius 3 is 2.63 bits per heavy atom. The van der Waals surface area contributed by atoms with Crippen molar-refractivity contribution in [2.45, 2.75) is 52.5 Å². The molecule has 3 heteroatoms. The summed E-state index contributed by atoms with van der Waals surface area (Å²) in [6, 6.07) is 5.67. The Hall–Kier alpha value is -1.35. The lowest BCUT2D eigenvalue weighted by Crippen LogP contribution is -2.45. The number of fused-ring (bicyclic) bond motifs is 1. The third-order valence-electron chi connectivity index (χ3n) is 3.87. The normalized spacial score (nSPS) is 16.6. The van der Waals surface area contributed by atoms with E-state index in [-0.39, 0.29) is 11.3 Å². The number of rotatable bonds is 2. The van der Waals surface area contributed by atoms with E-state index in [4.69, 9.17) is 5.73 Å². The summed E-state index contributed by atoms with van der Waals surface area (Å²) in [5.41, 5.74) is 9.39. The lowest BCUT2D eigenvalue weighted by molar-refractivity contribution is -0.119. The van der Waals surface area contributed by atoms with Crippen LogP contribution in [0.15, 0.2) is 18.2 Å². The van der Waals surface area contributed by atoms with Crippen molar-refractivity contribution >= 4 is 11.6 Å². The van der Waals surface area contributed by atoms with Gasteiger partial charge in [-0.25, -0.2) is 0 Å². The van der Waals surface area contributed by atoms with Gasteiger partial charge in [0, 0.05) is 5.69 Å². The minimum absolute atomic E-state index is 0.0912. The maximum atomic E-state index is 12.2. The van der Waals surface area contributed by atoms with Crippen LogP contribution in [0, 0.1) is 5.41 Å². The molecule has 104 valence electrons. The average Bonchev–Trinajstić information content (AvgIpc) is 2.37. The van der Waals surface area contributed by atoms with E-state index in [1.807, 2.05) is 32.9 Å². The summed E-state index contributed by atoms with van der Waals surface area (Å²) in [5, 5.41) is 3.01. The van der Waals surface area contributed by atoms with E-state index in [0.29, 0.717) is 0 Å². The van der Waals surface area contributed by atoms with Crippen LogP contribution in [-0.2, 0) is 17.6 Å². The highest BCUT2D eigenvalue weighted by Gasteiger charge is 2.28. The minimum Gasteiger partial charge on any atom is -0.324 e. The first-order chi connectivity index (χ1) is 8.89. The fraction of sp³-hybridized carbons (Fsp3) is 0.562. The van der Waals surface area contributed by atoms with Gasteiger partial charge in [-0.2, -0.15) is 0 Å². The molecule has 1 aliphatic rings. The van der Waals surface area contributed by atoms with Crippen molar-refractivity contribution in [3.63, 3.8) is 0 Å². The number of nitrogens with one attached hydrogen (secondary N) is 1. The van der Waals surface area contributed by atoms with Gasteiger partial charge in [-0.05, 0) is 48.3 Å². The van der Waals surface area contributed by atoms with Crippen LogP contribution in [0.1, 0.15) is 44.7 Å². The van der Waals surface area contributed by atoms with Gasteiger partial charge in [0.2, 0.25) is 5.91 Å². The Morgan fingerprint density at radius 2 is 1.95 bits per heavy atom. The van der Waals surface area contributed by atoms with Gasteiger partial charge in [-0.3, -0.25) is 4.79 Å². The number of benzene rings is 1. The van der Waals surface area contributed by atoms with Crippen molar-refractivity contribution in [2.24, 2.45) is 11.1 Å². The molecule has 1 amide bonds. The fourth-order valence-electron chi connectivity index (χ4n) is 2.50. The molecule has 0 fully saturated rings. The Bertz CT molecular complexity index is 474. The third-order valence-corrected chi connectivity index (χ3v) is 3.87. The number of amides is 1. The smallest absolute Gasteiger partial charge is 0.241 e. The van der Waals surface area contributed by atoms with Crippen LogP contribution in [-0.4, -0.2) is 11.9 Å². The zero-order valence-electron chi connectivity index (χ0n) is 12.1. The Balaban J connectivity index is 2.18. The van der Waals surface area contributed by atoms with E-state index in [1.54, 1.807) is 0 Å². The molecule has 3 N–H and O–H groups in total. The summed E-state index contributed by atoms with van der Waals surface area (Å²) < 4.78 is 0. The summed E-state index contributed by atoms with van der Waals surface area (Å²) in [6.07, 6.45) is 4.61. The molecule has 0 saturated heterocycles. The molecule has 19 heavy (non-hydrogen) atoms. The van der Waals surface area contributed by atoms with Crippen LogP contribution in [0.5, 0.6) is 0 Å². The van der Waals surface area contributed by atoms with Crippen molar-refractivity contribution in [1.82, 2.24) is 0 Å². The van der Waals surface area contributed by atoms with Gasteiger partial charge in [0.25, 0.3) is 0 Å². The second kappa shape index (κ2) is 5.33. The number of anilines is 1. The third kappa shape index (κ3) is 3.16. The highest BCUT2D eigenvalue weighted by atomic mass is 16.2. The van der Waals surface area contributed by atoms with Crippen LogP contribution in [0.25, 0.3) is 0 Å². The van der Waals surface area contributed by atoms with E-state index in [9.17, 15) is 4.79 Å².